The normalized spacial score (nSPS) is 10.3. The maximum absolute atomic E-state index is 12.2. The fourth-order valence-electron chi connectivity index (χ4n) is 1.41. The van der Waals surface area contributed by atoms with E-state index in [9.17, 15) is 4.79 Å². The van der Waals surface area contributed by atoms with Crippen LogP contribution < -0.4 is 4.74 Å². The fourth-order valence-corrected chi connectivity index (χ4v) is 2.03. The third-order valence-electron chi connectivity index (χ3n) is 2.31. The number of hydrogen-bond acceptors (Lipinski definition) is 6. The molecule has 2 aromatic rings. The number of carbonyl (C=O) groups is 1. The number of rotatable bonds is 5. The molecule has 2 aromatic heterocycles. The van der Waals surface area contributed by atoms with Gasteiger partial charge in [0.15, 0.2) is 0 Å². The molecule has 2 heterocycles. The molecule has 0 N–H and O–H groups in total. The molecule has 18 heavy (non-hydrogen) atoms. The minimum absolute atomic E-state index is 0.114. The van der Waals surface area contributed by atoms with Gasteiger partial charge in [-0.2, -0.15) is 0 Å². The van der Waals surface area contributed by atoms with Crippen molar-refractivity contribution in [1.29, 1.82) is 0 Å². The Morgan fingerprint density at radius 1 is 1.44 bits per heavy atom. The number of ketones is 1. The number of aryl methyl sites for hydroxylation is 1. The van der Waals surface area contributed by atoms with Crippen molar-refractivity contribution < 1.29 is 9.53 Å². The third kappa shape index (κ3) is 2.70. The van der Waals surface area contributed by atoms with E-state index in [1.807, 2.05) is 6.92 Å². The molecule has 0 unspecified atom stereocenters. The van der Waals surface area contributed by atoms with Crippen molar-refractivity contribution in [2.24, 2.45) is 0 Å². The Bertz CT molecular complexity index is 554. The van der Waals surface area contributed by atoms with Gasteiger partial charge in [0.05, 0.1) is 18.5 Å². The van der Waals surface area contributed by atoms with Gasteiger partial charge in [-0.3, -0.25) is 9.78 Å². The Morgan fingerprint density at radius 2 is 2.28 bits per heavy atom. The molecule has 0 saturated carbocycles. The lowest BCUT2D eigenvalue weighted by molar-refractivity contribution is 0.104. The van der Waals surface area contributed by atoms with Crippen LogP contribution in [0.4, 0.5) is 0 Å². The number of aromatic nitrogens is 3. The van der Waals surface area contributed by atoms with Gasteiger partial charge in [0.25, 0.3) is 0 Å². The SMILES string of the molecule is CCCOc1cncc(C(=O)c2snnc2C)c1. The lowest BCUT2D eigenvalue weighted by atomic mass is 10.1. The molecule has 6 heteroatoms. The summed E-state index contributed by atoms with van der Waals surface area (Å²) in [6.45, 7) is 4.40. The van der Waals surface area contributed by atoms with Crippen molar-refractivity contribution in [3.63, 3.8) is 0 Å². The van der Waals surface area contributed by atoms with E-state index >= 15 is 0 Å². The van der Waals surface area contributed by atoms with Crippen LogP contribution in [-0.4, -0.2) is 27.0 Å². The average Bonchev–Trinajstić information content (AvgIpc) is 2.82. The van der Waals surface area contributed by atoms with Gasteiger partial charge in [-0.15, -0.1) is 5.10 Å². The van der Waals surface area contributed by atoms with Crippen LogP contribution in [0.5, 0.6) is 5.75 Å². The van der Waals surface area contributed by atoms with E-state index in [4.69, 9.17) is 4.74 Å². The minimum atomic E-state index is -0.114. The van der Waals surface area contributed by atoms with Crippen LogP contribution >= 0.6 is 11.5 Å². The monoisotopic (exact) mass is 263 g/mol. The largest absolute Gasteiger partial charge is 0.492 e. The van der Waals surface area contributed by atoms with Crippen molar-refractivity contribution in [3.05, 3.63) is 34.6 Å². The van der Waals surface area contributed by atoms with E-state index in [1.165, 1.54) is 6.20 Å². The van der Waals surface area contributed by atoms with Crippen molar-refractivity contribution in [2.75, 3.05) is 6.61 Å². The zero-order valence-electron chi connectivity index (χ0n) is 10.2. The molecular weight excluding hydrogens is 250 g/mol. The topological polar surface area (TPSA) is 65.0 Å². The molecule has 94 valence electrons. The zero-order valence-corrected chi connectivity index (χ0v) is 11.0. The van der Waals surface area contributed by atoms with Crippen LogP contribution in [0.2, 0.25) is 0 Å². The minimum Gasteiger partial charge on any atom is -0.492 e. The van der Waals surface area contributed by atoms with Crippen molar-refractivity contribution in [1.82, 2.24) is 14.6 Å². The predicted octanol–water partition coefficient (Wildman–Crippen LogP) is 2.26. The first-order valence-electron chi connectivity index (χ1n) is 5.64. The van der Waals surface area contributed by atoms with E-state index in [0.29, 0.717) is 28.5 Å². The maximum Gasteiger partial charge on any atom is 0.208 e. The molecule has 0 aliphatic carbocycles. The lowest BCUT2D eigenvalue weighted by Crippen LogP contribution is -2.03. The highest BCUT2D eigenvalue weighted by molar-refractivity contribution is 7.08. The van der Waals surface area contributed by atoms with Gasteiger partial charge in [-0.05, 0) is 30.9 Å². The molecule has 0 aliphatic heterocycles. The summed E-state index contributed by atoms with van der Waals surface area (Å²) in [5.41, 5.74) is 1.14. The van der Waals surface area contributed by atoms with Gasteiger partial charge < -0.3 is 4.74 Å². The molecule has 0 aromatic carbocycles. The Morgan fingerprint density at radius 3 is 2.94 bits per heavy atom. The van der Waals surface area contributed by atoms with E-state index in [2.05, 4.69) is 14.6 Å². The van der Waals surface area contributed by atoms with Crippen LogP contribution in [0.1, 0.15) is 34.3 Å². The highest BCUT2D eigenvalue weighted by Gasteiger charge is 2.16. The van der Waals surface area contributed by atoms with Crippen LogP contribution in [0.25, 0.3) is 0 Å². The van der Waals surface area contributed by atoms with E-state index in [1.54, 1.807) is 19.2 Å². The van der Waals surface area contributed by atoms with Gasteiger partial charge in [0, 0.05) is 11.8 Å². The van der Waals surface area contributed by atoms with Gasteiger partial charge in [-0.1, -0.05) is 11.4 Å². The first-order chi connectivity index (χ1) is 8.72. The van der Waals surface area contributed by atoms with Crippen molar-refractivity contribution in [2.45, 2.75) is 20.3 Å². The van der Waals surface area contributed by atoms with Gasteiger partial charge in [0.2, 0.25) is 5.78 Å². The molecule has 0 saturated heterocycles. The summed E-state index contributed by atoms with van der Waals surface area (Å²) in [6, 6.07) is 1.70. The Hall–Kier alpha value is -1.82. The Kier molecular flexibility index (Phi) is 3.99. The van der Waals surface area contributed by atoms with Gasteiger partial charge in [-0.25, -0.2) is 0 Å². The standard InChI is InChI=1S/C12H13N3O2S/c1-3-4-17-10-5-9(6-13-7-10)11(16)12-8(2)14-15-18-12/h5-7H,3-4H2,1-2H3. The second-order valence-corrected chi connectivity index (χ2v) is 4.53. The summed E-state index contributed by atoms with van der Waals surface area (Å²) in [5, 5.41) is 3.83. The molecule has 0 amide bonds. The highest BCUT2D eigenvalue weighted by atomic mass is 32.1. The van der Waals surface area contributed by atoms with Crippen molar-refractivity contribution in [3.8, 4) is 5.75 Å². The molecule has 2 rings (SSSR count). The summed E-state index contributed by atoms with van der Waals surface area (Å²) < 4.78 is 9.21. The number of ether oxygens (including phenoxy) is 1. The quantitative estimate of drug-likeness (QED) is 0.774. The summed E-state index contributed by atoms with van der Waals surface area (Å²) >= 11 is 1.10. The first-order valence-corrected chi connectivity index (χ1v) is 6.41. The summed E-state index contributed by atoms with van der Waals surface area (Å²) in [4.78, 5) is 16.8. The lowest BCUT2D eigenvalue weighted by Gasteiger charge is -2.05. The first kappa shape index (κ1) is 12.6. The smallest absolute Gasteiger partial charge is 0.208 e. The maximum atomic E-state index is 12.2. The summed E-state index contributed by atoms with van der Waals surface area (Å²) in [7, 11) is 0. The molecule has 0 spiro atoms. The highest BCUT2D eigenvalue weighted by Crippen LogP contribution is 2.18. The molecule has 0 aliphatic rings. The molecule has 0 bridgehead atoms. The number of pyridine rings is 1. The van der Waals surface area contributed by atoms with Crippen LogP contribution in [0, 0.1) is 6.92 Å². The average molecular weight is 263 g/mol. The fraction of sp³-hybridized carbons (Fsp3) is 0.333. The van der Waals surface area contributed by atoms with Crippen LogP contribution in [0.15, 0.2) is 18.5 Å². The second-order valence-electron chi connectivity index (χ2n) is 3.77. The summed E-state index contributed by atoms with van der Waals surface area (Å²) in [6.07, 6.45) is 4.04. The van der Waals surface area contributed by atoms with Crippen molar-refractivity contribution >= 4 is 17.3 Å². The third-order valence-corrected chi connectivity index (χ3v) is 3.13. The van der Waals surface area contributed by atoms with Crippen LogP contribution in [-0.2, 0) is 0 Å². The van der Waals surface area contributed by atoms with Gasteiger partial charge >= 0.3 is 0 Å². The second kappa shape index (κ2) is 5.68. The van der Waals surface area contributed by atoms with Gasteiger partial charge in [0.1, 0.15) is 10.6 Å². The number of carbonyl (C=O) groups excluding carboxylic acids is 1. The molecular formula is C12H13N3O2S. The predicted molar refractivity (Wildman–Crippen MR) is 68.1 cm³/mol. The number of hydrogen-bond donors (Lipinski definition) is 0. The van der Waals surface area contributed by atoms with E-state index in [-0.39, 0.29) is 5.78 Å². The molecule has 0 fully saturated rings. The summed E-state index contributed by atoms with van der Waals surface area (Å²) in [5.74, 6) is 0.495. The number of nitrogens with zero attached hydrogens (tertiary/aromatic N) is 3. The van der Waals surface area contributed by atoms with E-state index in [0.717, 1.165) is 18.0 Å². The molecule has 0 radical (unpaired) electrons. The Labute approximate surface area is 109 Å². The Balaban J connectivity index is 2.23. The molecule has 5 nitrogen and oxygen atoms in total. The molecule has 0 atom stereocenters. The van der Waals surface area contributed by atoms with Crippen LogP contribution in [0.3, 0.4) is 0 Å². The van der Waals surface area contributed by atoms with E-state index < -0.39 is 0 Å². The zero-order chi connectivity index (χ0) is 13.0.